The molecule has 0 fully saturated rings. The van der Waals surface area contributed by atoms with E-state index in [0.29, 0.717) is 18.8 Å². The summed E-state index contributed by atoms with van der Waals surface area (Å²) in [7, 11) is 0. The summed E-state index contributed by atoms with van der Waals surface area (Å²) in [6.07, 6.45) is 6.95. The molecule has 0 aliphatic heterocycles. The summed E-state index contributed by atoms with van der Waals surface area (Å²) in [6, 6.07) is 15.7. The molecule has 5 rings (SSSR count). The van der Waals surface area contributed by atoms with Gasteiger partial charge in [-0.05, 0) is 54.4 Å². The van der Waals surface area contributed by atoms with E-state index >= 15 is 0 Å². The van der Waals surface area contributed by atoms with Crippen LogP contribution >= 0.6 is 0 Å². The molecule has 0 atom stereocenters. The fourth-order valence-corrected chi connectivity index (χ4v) is 3.52. The Hall–Kier alpha value is -4.33. The molecule has 4 aromatic heterocycles. The molecule has 0 radical (unpaired) electrons. The van der Waals surface area contributed by atoms with Crippen molar-refractivity contribution in [3.8, 4) is 11.1 Å². The van der Waals surface area contributed by atoms with Gasteiger partial charge in [-0.15, -0.1) is 0 Å². The number of fused-ring (bicyclic) bond motifs is 2. The van der Waals surface area contributed by atoms with Crippen molar-refractivity contribution >= 4 is 28.3 Å². The van der Waals surface area contributed by atoms with E-state index < -0.39 is 5.97 Å². The molecule has 1 aromatic carbocycles. The molecule has 0 aliphatic carbocycles. The van der Waals surface area contributed by atoms with Crippen molar-refractivity contribution < 1.29 is 9.53 Å². The van der Waals surface area contributed by atoms with Crippen LogP contribution in [0.4, 0.5) is 5.82 Å². The first-order chi connectivity index (χ1) is 15.7. The average Bonchev–Trinajstić information content (AvgIpc) is 3.27. The quantitative estimate of drug-likeness (QED) is 0.410. The van der Waals surface area contributed by atoms with E-state index in [9.17, 15) is 4.79 Å². The number of ether oxygens (including phenoxy) is 1. The molecule has 0 unspecified atom stereocenters. The molecule has 32 heavy (non-hydrogen) atoms. The lowest BCUT2D eigenvalue weighted by atomic mass is 10.1. The molecule has 158 valence electrons. The Labute approximate surface area is 184 Å². The summed E-state index contributed by atoms with van der Waals surface area (Å²) in [5, 5.41) is 4.28. The number of imidazole rings is 1. The van der Waals surface area contributed by atoms with Crippen LogP contribution in [0.15, 0.2) is 73.4 Å². The maximum Gasteiger partial charge on any atom is 0.358 e. The van der Waals surface area contributed by atoms with Gasteiger partial charge in [-0.3, -0.25) is 4.98 Å². The molecular formula is C24H20N6O2. The van der Waals surface area contributed by atoms with E-state index in [0.717, 1.165) is 33.5 Å². The van der Waals surface area contributed by atoms with Crippen LogP contribution in [0.1, 0.15) is 23.1 Å². The minimum atomic E-state index is -0.427. The van der Waals surface area contributed by atoms with Crippen molar-refractivity contribution in [3.05, 3.63) is 84.8 Å². The Morgan fingerprint density at radius 3 is 2.78 bits per heavy atom. The van der Waals surface area contributed by atoms with Crippen molar-refractivity contribution in [1.82, 2.24) is 24.3 Å². The fourth-order valence-electron chi connectivity index (χ4n) is 3.52. The number of benzene rings is 1. The largest absolute Gasteiger partial charge is 0.461 e. The van der Waals surface area contributed by atoms with Crippen molar-refractivity contribution in [2.24, 2.45) is 0 Å². The van der Waals surface area contributed by atoms with Crippen LogP contribution in [0.5, 0.6) is 0 Å². The van der Waals surface area contributed by atoms with Gasteiger partial charge in [0.05, 0.1) is 24.4 Å². The zero-order chi connectivity index (χ0) is 21.9. The molecule has 8 nitrogen and oxygen atoms in total. The van der Waals surface area contributed by atoms with Crippen LogP contribution in [-0.2, 0) is 11.3 Å². The summed E-state index contributed by atoms with van der Waals surface area (Å²) in [6.45, 7) is 2.65. The standard InChI is InChI=1S/C24H20N6O2/c1-2-32-24(31)21-14-30-13-17(7-9-22(30)29-21)16-6-8-20-19(11-16)23(28-15-27-20)26-12-18-5-3-4-10-25-18/h3-11,13-15H,2,12H2,1H3,(H,26,27,28). The number of carbonyl (C=O) groups is 1. The maximum absolute atomic E-state index is 12.0. The normalized spacial score (nSPS) is 11.0. The molecular weight excluding hydrogens is 404 g/mol. The molecule has 0 aliphatic rings. The number of anilines is 1. The topological polar surface area (TPSA) is 94.3 Å². The first kappa shape index (κ1) is 19.6. The van der Waals surface area contributed by atoms with Crippen molar-refractivity contribution in [2.45, 2.75) is 13.5 Å². The third-order valence-corrected chi connectivity index (χ3v) is 5.07. The van der Waals surface area contributed by atoms with Crippen LogP contribution in [0.2, 0.25) is 0 Å². The number of esters is 1. The van der Waals surface area contributed by atoms with Crippen LogP contribution in [0.3, 0.4) is 0 Å². The molecule has 0 amide bonds. The third-order valence-electron chi connectivity index (χ3n) is 5.07. The fraction of sp³-hybridized carbons (Fsp3) is 0.125. The van der Waals surface area contributed by atoms with Gasteiger partial charge < -0.3 is 14.5 Å². The lowest BCUT2D eigenvalue weighted by Crippen LogP contribution is -2.04. The number of hydrogen-bond acceptors (Lipinski definition) is 7. The SMILES string of the molecule is CCOC(=O)c1cn2cc(-c3ccc4ncnc(NCc5ccccn5)c4c3)ccc2n1. The van der Waals surface area contributed by atoms with Crippen LogP contribution in [0.25, 0.3) is 27.7 Å². The van der Waals surface area contributed by atoms with Gasteiger partial charge in [0.25, 0.3) is 0 Å². The molecule has 0 spiro atoms. The van der Waals surface area contributed by atoms with Gasteiger partial charge in [0.1, 0.15) is 17.8 Å². The summed E-state index contributed by atoms with van der Waals surface area (Å²) < 4.78 is 6.88. The minimum Gasteiger partial charge on any atom is -0.461 e. The number of nitrogens with zero attached hydrogens (tertiary/aromatic N) is 5. The minimum absolute atomic E-state index is 0.289. The van der Waals surface area contributed by atoms with Crippen molar-refractivity contribution in [3.63, 3.8) is 0 Å². The van der Waals surface area contributed by atoms with E-state index in [2.05, 4.69) is 31.3 Å². The zero-order valence-corrected chi connectivity index (χ0v) is 17.4. The van der Waals surface area contributed by atoms with Gasteiger partial charge in [0, 0.05) is 24.0 Å². The number of rotatable bonds is 6. The molecule has 0 saturated heterocycles. The summed E-state index contributed by atoms with van der Waals surface area (Å²) in [4.78, 5) is 29.5. The molecule has 4 heterocycles. The predicted molar refractivity (Wildman–Crippen MR) is 121 cm³/mol. The highest BCUT2D eigenvalue weighted by Crippen LogP contribution is 2.27. The first-order valence-corrected chi connectivity index (χ1v) is 10.3. The van der Waals surface area contributed by atoms with E-state index in [1.54, 1.807) is 25.6 Å². The molecule has 0 bridgehead atoms. The highest BCUT2D eigenvalue weighted by Gasteiger charge is 2.12. The highest BCUT2D eigenvalue weighted by molar-refractivity contribution is 5.92. The van der Waals surface area contributed by atoms with E-state index in [1.807, 2.05) is 53.1 Å². The molecule has 0 saturated carbocycles. The second kappa shape index (κ2) is 8.43. The number of carbonyl (C=O) groups excluding carboxylic acids is 1. The number of nitrogens with one attached hydrogen (secondary N) is 1. The third kappa shape index (κ3) is 3.85. The summed E-state index contributed by atoms with van der Waals surface area (Å²) in [5.74, 6) is 0.319. The van der Waals surface area contributed by atoms with Gasteiger partial charge in [-0.2, -0.15) is 0 Å². The Balaban J connectivity index is 1.48. The van der Waals surface area contributed by atoms with Gasteiger partial charge in [0.15, 0.2) is 5.69 Å². The number of pyridine rings is 2. The Morgan fingerprint density at radius 1 is 1.03 bits per heavy atom. The van der Waals surface area contributed by atoms with Crippen LogP contribution < -0.4 is 5.32 Å². The van der Waals surface area contributed by atoms with E-state index in [4.69, 9.17) is 4.74 Å². The smallest absolute Gasteiger partial charge is 0.358 e. The number of aromatic nitrogens is 5. The Bertz CT molecular complexity index is 1410. The first-order valence-electron chi connectivity index (χ1n) is 10.3. The van der Waals surface area contributed by atoms with Gasteiger partial charge >= 0.3 is 5.97 Å². The second-order valence-corrected chi connectivity index (χ2v) is 7.16. The van der Waals surface area contributed by atoms with Gasteiger partial charge in [-0.1, -0.05) is 12.1 Å². The van der Waals surface area contributed by atoms with Crippen molar-refractivity contribution in [2.75, 3.05) is 11.9 Å². The van der Waals surface area contributed by atoms with Crippen LogP contribution in [0, 0.1) is 0 Å². The molecule has 5 aromatic rings. The van der Waals surface area contributed by atoms with Gasteiger partial charge in [0.2, 0.25) is 0 Å². The second-order valence-electron chi connectivity index (χ2n) is 7.16. The van der Waals surface area contributed by atoms with Gasteiger partial charge in [-0.25, -0.2) is 19.7 Å². The summed E-state index contributed by atoms with van der Waals surface area (Å²) >= 11 is 0. The lowest BCUT2D eigenvalue weighted by Gasteiger charge is -2.10. The summed E-state index contributed by atoms with van der Waals surface area (Å²) in [5.41, 5.74) is 4.72. The van der Waals surface area contributed by atoms with E-state index in [1.165, 1.54) is 0 Å². The maximum atomic E-state index is 12.0. The monoisotopic (exact) mass is 424 g/mol. The molecule has 1 N–H and O–H groups in total. The van der Waals surface area contributed by atoms with Crippen LogP contribution in [-0.4, -0.2) is 36.9 Å². The van der Waals surface area contributed by atoms with Crippen molar-refractivity contribution in [1.29, 1.82) is 0 Å². The average molecular weight is 424 g/mol. The Morgan fingerprint density at radius 2 is 1.94 bits per heavy atom. The molecule has 8 heteroatoms. The number of hydrogen-bond donors (Lipinski definition) is 1. The highest BCUT2D eigenvalue weighted by atomic mass is 16.5. The zero-order valence-electron chi connectivity index (χ0n) is 17.4. The lowest BCUT2D eigenvalue weighted by molar-refractivity contribution is 0.0520. The predicted octanol–water partition coefficient (Wildman–Crippen LogP) is 4.13. The Kier molecular flexibility index (Phi) is 5.17. The van der Waals surface area contributed by atoms with E-state index in [-0.39, 0.29) is 5.69 Å².